The fourth-order valence-corrected chi connectivity index (χ4v) is 2.65. The van der Waals surface area contributed by atoms with Crippen LogP contribution in [0.15, 0.2) is 0 Å². The molecule has 0 N–H and O–H groups in total. The van der Waals surface area contributed by atoms with E-state index in [9.17, 15) is 4.79 Å². The first-order chi connectivity index (χ1) is 10.5. The minimum atomic E-state index is 0.0614. The van der Waals surface area contributed by atoms with Gasteiger partial charge in [-0.05, 0) is 47.1 Å². The maximum Gasteiger partial charge on any atom is 0.152 e. The molecule has 0 aromatic carbocycles. The Morgan fingerprint density at radius 1 is 1.05 bits per heavy atom. The average molecular weight is 315 g/mol. The van der Waals surface area contributed by atoms with Crippen molar-refractivity contribution in [3.63, 3.8) is 0 Å². The molecule has 1 aliphatic rings. The Morgan fingerprint density at radius 2 is 1.73 bits per heavy atom. The fourth-order valence-electron chi connectivity index (χ4n) is 2.65. The van der Waals surface area contributed by atoms with Crippen molar-refractivity contribution in [3.05, 3.63) is 0 Å². The first-order valence-corrected chi connectivity index (χ1v) is 8.58. The molecule has 0 radical (unpaired) electrons. The van der Waals surface area contributed by atoms with Crippen molar-refractivity contribution in [1.82, 2.24) is 4.90 Å². The van der Waals surface area contributed by atoms with E-state index < -0.39 is 0 Å². The minimum absolute atomic E-state index is 0.0614. The van der Waals surface area contributed by atoms with Crippen molar-refractivity contribution >= 4 is 5.78 Å². The molecule has 0 aromatic heterocycles. The number of ketones is 1. The third-order valence-corrected chi connectivity index (χ3v) is 3.74. The molecule has 0 amide bonds. The highest BCUT2D eigenvalue weighted by atomic mass is 16.5. The van der Waals surface area contributed by atoms with Gasteiger partial charge in [-0.25, -0.2) is 0 Å². The molecule has 1 unspecified atom stereocenters. The average Bonchev–Trinajstić information content (AvgIpc) is 2.90. The maximum atomic E-state index is 12.3. The highest BCUT2D eigenvalue weighted by Crippen LogP contribution is 2.18. The van der Waals surface area contributed by atoms with Gasteiger partial charge >= 0.3 is 0 Å². The summed E-state index contributed by atoms with van der Waals surface area (Å²) in [5, 5.41) is 0. The molecular weight excluding hydrogens is 282 g/mol. The lowest BCUT2D eigenvalue weighted by atomic mass is 10.1. The zero-order valence-corrected chi connectivity index (χ0v) is 14.7. The van der Waals surface area contributed by atoms with Crippen LogP contribution in [0.1, 0.15) is 47.0 Å². The van der Waals surface area contributed by atoms with Crippen LogP contribution < -0.4 is 0 Å². The Kier molecular flexibility index (Phi) is 9.87. The molecule has 1 rings (SSSR count). The first-order valence-electron chi connectivity index (χ1n) is 8.58. The van der Waals surface area contributed by atoms with Gasteiger partial charge in [0, 0.05) is 13.0 Å². The Hall–Kier alpha value is -0.490. The molecule has 0 aromatic rings. The van der Waals surface area contributed by atoms with Gasteiger partial charge in [0.2, 0.25) is 0 Å². The van der Waals surface area contributed by atoms with Crippen LogP contribution in [0.4, 0.5) is 0 Å². The molecule has 22 heavy (non-hydrogen) atoms. The molecule has 1 heterocycles. The lowest BCUT2D eigenvalue weighted by molar-refractivity contribution is -0.125. The fraction of sp³-hybridized carbons (Fsp3) is 0.941. The maximum absolute atomic E-state index is 12.3. The van der Waals surface area contributed by atoms with Gasteiger partial charge < -0.3 is 14.2 Å². The van der Waals surface area contributed by atoms with E-state index in [4.69, 9.17) is 14.2 Å². The summed E-state index contributed by atoms with van der Waals surface area (Å²) in [5.74, 6) is 0.307. The third kappa shape index (κ3) is 8.22. The van der Waals surface area contributed by atoms with E-state index in [2.05, 4.69) is 4.90 Å². The number of Topliss-reactive ketones (excluding diaryl/α,β-unsaturated/α-hetero) is 1. The number of carbonyl (C=O) groups excluding carboxylic acids is 1. The van der Waals surface area contributed by atoms with Gasteiger partial charge in [-0.2, -0.15) is 0 Å². The van der Waals surface area contributed by atoms with E-state index in [1.807, 2.05) is 27.7 Å². The Labute approximate surface area is 135 Å². The summed E-state index contributed by atoms with van der Waals surface area (Å²) in [7, 11) is 0. The van der Waals surface area contributed by atoms with Gasteiger partial charge in [-0.3, -0.25) is 9.69 Å². The highest BCUT2D eigenvalue weighted by molar-refractivity contribution is 5.84. The van der Waals surface area contributed by atoms with Crippen molar-refractivity contribution < 1.29 is 19.0 Å². The topological polar surface area (TPSA) is 48.0 Å². The van der Waals surface area contributed by atoms with Crippen LogP contribution in [-0.4, -0.2) is 68.4 Å². The van der Waals surface area contributed by atoms with Crippen molar-refractivity contribution in [2.45, 2.75) is 65.2 Å². The van der Waals surface area contributed by atoms with Crippen molar-refractivity contribution in [2.75, 3.05) is 39.5 Å². The van der Waals surface area contributed by atoms with E-state index in [1.54, 1.807) is 0 Å². The predicted molar refractivity (Wildman–Crippen MR) is 87.2 cm³/mol. The van der Waals surface area contributed by atoms with Crippen LogP contribution in [-0.2, 0) is 19.0 Å². The summed E-state index contributed by atoms with van der Waals surface area (Å²) in [6.07, 6.45) is 3.02. The van der Waals surface area contributed by atoms with Gasteiger partial charge in [-0.15, -0.1) is 0 Å². The van der Waals surface area contributed by atoms with E-state index in [0.29, 0.717) is 38.6 Å². The molecule has 1 fully saturated rings. The third-order valence-electron chi connectivity index (χ3n) is 3.74. The minimum Gasteiger partial charge on any atom is -0.378 e. The van der Waals surface area contributed by atoms with Gasteiger partial charge in [0.05, 0.1) is 44.7 Å². The number of hydrogen-bond acceptors (Lipinski definition) is 5. The zero-order valence-electron chi connectivity index (χ0n) is 14.7. The molecule has 5 heteroatoms. The highest BCUT2D eigenvalue weighted by Gasteiger charge is 2.29. The Morgan fingerprint density at radius 3 is 2.41 bits per heavy atom. The Balaban J connectivity index is 2.15. The van der Waals surface area contributed by atoms with E-state index in [-0.39, 0.29) is 18.2 Å². The van der Waals surface area contributed by atoms with Crippen LogP contribution in [0.3, 0.4) is 0 Å². The van der Waals surface area contributed by atoms with Gasteiger partial charge in [0.15, 0.2) is 5.78 Å². The lowest BCUT2D eigenvalue weighted by Gasteiger charge is -2.23. The van der Waals surface area contributed by atoms with Crippen molar-refractivity contribution in [2.24, 2.45) is 0 Å². The van der Waals surface area contributed by atoms with Crippen molar-refractivity contribution in [3.8, 4) is 0 Å². The summed E-state index contributed by atoms with van der Waals surface area (Å²) in [5.41, 5.74) is 0. The quantitative estimate of drug-likeness (QED) is 0.517. The molecule has 0 saturated carbocycles. The predicted octanol–water partition coefficient (Wildman–Crippen LogP) is 2.28. The van der Waals surface area contributed by atoms with Crippen LogP contribution >= 0.6 is 0 Å². The van der Waals surface area contributed by atoms with Crippen LogP contribution in [0.25, 0.3) is 0 Å². The summed E-state index contributed by atoms with van der Waals surface area (Å²) in [4.78, 5) is 14.5. The second-order valence-corrected chi connectivity index (χ2v) is 6.36. The molecule has 130 valence electrons. The largest absolute Gasteiger partial charge is 0.378 e. The second-order valence-electron chi connectivity index (χ2n) is 6.36. The normalized spacial score (nSPS) is 19.5. The number of carbonyl (C=O) groups is 1. The SMILES string of the molecule is CC(C)OCCOCCN1CCCC1C(=O)CCOC(C)C. The molecule has 5 nitrogen and oxygen atoms in total. The van der Waals surface area contributed by atoms with Gasteiger partial charge in [-0.1, -0.05) is 0 Å². The summed E-state index contributed by atoms with van der Waals surface area (Å²) in [6, 6.07) is 0.0614. The number of rotatable bonds is 12. The first kappa shape index (κ1) is 19.6. The van der Waals surface area contributed by atoms with Gasteiger partial charge in [0.25, 0.3) is 0 Å². The van der Waals surface area contributed by atoms with Crippen LogP contribution in [0.2, 0.25) is 0 Å². The van der Waals surface area contributed by atoms with E-state index in [1.165, 1.54) is 0 Å². The van der Waals surface area contributed by atoms with Crippen LogP contribution in [0, 0.1) is 0 Å². The monoisotopic (exact) mass is 315 g/mol. The zero-order chi connectivity index (χ0) is 16.4. The summed E-state index contributed by atoms with van der Waals surface area (Å²) >= 11 is 0. The van der Waals surface area contributed by atoms with Crippen LogP contribution in [0.5, 0.6) is 0 Å². The molecule has 0 bridgehead atoms. The lowest BCUT2D eigenvalue weighted by Crippen LogP contribution is -2.38. The summed E-state index contributed by atoms with van der Waals surface area (Å²) in [6.45, 7) is 12.3. The Bertz CT molecular complexity index is 307. The van der Waals surface area contributed by atoms with Gasteiger partial charge in [0.1, 0.15) is 0 Å². The molecule has 1 aliphatic heterocycles. The summed E-state index contributed by atoms with van der Waals surface area (Å²) < 4.78 is 16.5. The number of nitrogens with zero attached hydrogens (tertiary/aromatic N) is 1. The number of likely N-dealkylation sites (tertiary alicyclic amines) is 1. The van der Waals surface area contributed by atoms with E-state index >= 15 is 0 Å². The molecular formula is C17H33NO4. The number of ether oxygens (including phenoxy) is 3. The number of hydrogen-bond donors (Lipinski definition) is 0. The standard InChI is InChI=1S/C17H33NO4/c1-14(2)21-10-7-17(19)16-6-5-8-18(16)9-11-20-12-13-22-15(3)4/h14-16H,5-13H2,1-4H3. The molecule has 1 saturated heterocycles. The van der Waals surface area contributed by atoms with E-state index in [0.717, 1.165) is 25.9 Å². The molecule has 0 aliphatic carbocycles. The molecule has 0 spiro atoms. The molecule has 1 atom stereocenters. The second kappa shape index (κ2) is 11.1. The smallest absolute Gasteiger partial charge is 0.152 e. The van der Waals surface area contributed by atoms with Crippen molar-refractivity contribution in [1.29, 1.82) is 0 Å².